The molecule has 0 saturated carbocycles. The van der Waals surface area contributed by atoms with Crippen molar-refractivity contribution in [3.63, 3.8) is 0 Å². The molecule has 1 nitrogen and oxygen atoms in total. The normalized spacial score (nSPS) is 12.7. The van der Waals surface area contributed by atoms with Gasteiger partial charge in [-0.3, -0.25) is 0 Å². The summed E-state index contributed by atoms with van der Waals surface area (Å²) < 4.78 is 2.58. The van der Waals surface area contributed by atoms with Gasteiger partial charge in [-0.2, -0.15) is 0 Å². The highest BCUT2D eigenvalue weighted by molar-refractivity contribution is 6.38. The van der Waals surface area contributed by atoms with Crippen molar-refractivity contribution in [2.75, 3.05) is 0 Å². The second-order valence-corrected chi connectivity index (χ2v) is 15.4. The van der Waals surface area contributed by atoms with Gasteiger partial charge in [0.05, 0.1) is 16.7 Å². The van der Waals surface area contributed by atoms with Crippen LogP contribution in [0.15, 0.2) is 188 Å². The van der Waals surface area contributed by atoms with E-state index in [4.69, 9.17) is 0 Å². The molecule has 266 valence electrons. The summed E-state index contributed by atoms with van der Waals surface area (Å²) in [6, 6.07) is 69.7. The number of fused-ring (bicyclic) bond motifs is 12. The van der Waals surface area contributed by atoms with Crippen LogP contribution in [0.25, 0.3) is 116 Å². The van der Waals surface area contributed by atoms with Crippen LogP contribution in [-0.2, 0) is 0 Å². The van der Waals surface area contributed by atoms with E-state index in [1.165, 1.54) is 114 Å². The van der Waals surface area contributed by atoms with Crippen molar-refractivity contribution in [3.8, 4) is 39.1 Å². The lowest BCUT2D eigenvalue weighted by Gasteiger charge is -2.18. The number of hydrogen-bond acceptors (Lipinski definition) is 0. The average Bonchev–Trinajstić information content (AvgIpc) is 3.63. The third-order valence-corrected chi connectivity index (χ3v) is 12.4. The van der Waals surface area contributed by atoms with E-state index < -0.39 is 0 Å². The van der Waals surface area contributed by atoms with Crippen molar-refractivity contribution < 1.29 is 0 Å². The maximum absolute atomic E-state index is 2.58. The minimum atomic E-state index is 1.04. The Hall–Kier alpha value is -7.22. The largest absolute Gasteiger partial charge is 0.308 e. The molecule has 57 heavy (non-hydrogen) atoms. The fraction of sp³-hybridized carbons (Fsp3) is 0.0357. The van der Waals surface area contributed by atoms with Crippen LogP contribution in [0.3, 0.4) is 0 Å². The van der Waals surface area contributed by atoms with E-state index >= 15 is 0 Å². The number of aromatic nitrogens is 1. The summed E-state index contributed by atoms with van der Waals surface area (Å²) in [5.41, 5.74) is 11.3. The Labute approximate surface area is 330 Å². The highest BCUT2D eigenvalue weighted by atomic mass is 15.0. The van der Waals surface area contributed by atoms with Crippen molar-refractivity contribution >= 4 is 77.0 Å². The predicted octanol–water partition coefficient (Wildman–Crippen LogP) is 13.8. The van der Waals surface area contributed by atoms with Crippen molar-refractivity contribution in [2.24, 2.45) is 0 Å². The first-order valence-electron chi connectivity index (χ1n) is 20.1. The van der Waals surface area contributed by atoms with Crippen LogP contribution in [-0.4, -0.2) is 4.57 Å². The zero-order valence-corrected chi connectivity index (χ0v) is 31.4. The Kier molecular flexibility index (Phi) is 7.12. The first-order valence-corrected chi connectivity index (χ1v) is 20.1. The Balaban J connectivity index is 1.22. The number of nitrogens with zero attached hydrogens (tertiary/aromatic N) is 1. The highest BCUT2D eigenvalue weighted by Gasteiger charge is 2.23. The molecule has 0 atom stereocenters. The minimum Gasteiger partial charge on any atom is -0.308 e. The summed E-state index contributed by atoms with van der Waals surface area (Å²) >= 11 is 0. The Morgan fingerprint density at radius 2 is 0.825 bits per heavy atom. The van der Waals surface area contributed by atoms with Crippen LogP contribution >= 0.6 is 0 Å². The molecule has 11 aromatic rings. The SMILES string of the molecule is C1=c2c(-c3ccccc3)ccc(-n3c4ccccc4c4c5c6ccccc6c(-c6ccc(-c7ccccc7)c7ccccc67)cc5c5ccccc5c43)c2=CCC1. The third kappa shape index (κ3) is 4.76. The van der Waals surface area contributed by atoms with Crippen LogP contribution in [0.5, 0.6) is 0 Å². The van der Waals surface area contributed by atoms with E-state index in [0.717, 1.165) is 12.8 Å². The van der Waals surface area contributed by atoms with Crippen LogP contribution in [0.1, 0.15) is 12.8 Å². The maximum atomic E-state index is 2.58. The molecule has 0 radical (unpaired) electrons. The molecule has 0 fully saturated rings. The predicted molar refractivity (Wildman–Crippen MR) is 245 cm³/mol. The molecule has 0 saturated heterocycles. The molecule has 0 aliphatic heterocycles. The lowest BCUT2D eigenvalue weighted by atomic mass is 9.86. The summed E-state index contributed by atoms with van der Waals surface area (Å²) in [6.45, 7) is 0. The molecule has 1 heteroatoms. The van der Waals surface area contributed by atoms with Gasteiger partial charge >= 0.3 is 0 Å². The average molecular weight is 724 g/mol. The fourth-order valence-corrected chi connectivity index (χ4v) is 9.99. The molecule has 0 bridgehead atoms. The Morgan fingerprint density at radius 3 is 1.54 bits per heavy atom. The van der Waals surface area contributed by atoms with Gasteiger partial charge in [-0.1, -0.05) is 182 Å². The quantitative estimate of drug-likeness (QED) is 0.159. The van der Waals surface area contributed by atoms with Crippen molar-refractivity contribution in [1.82, 2.24) is 4.57 Å². The van der Waals surface area contributed by atoms with Crippen LogP contribution < -0.4 is 10.4 Å². The molecule has 0 amide bonds. The summed E-state index contributed by atoms with van der Waals surface area (Å²) in [5, 5.41) is 15.5. The standard InChI is InChI=1S/C56H37N/c1-3-17-36(18-4-1)38-31-32-45(42-23-8-7-21-40(38)42)50-35-51-44-25-11-14-28-48(44)56-55(54(51)47-27-13-10-24-43(47)50)49-29-15-16-30-52(49)57(56)53-34-33-39(37-19-5-2-6-20-37)41-22-9-12-26-46(41)53/h1-8,10-11,13-35H,9,12H2. The van der Waals surface area contributed by atoms with Crippen molar-refractivity contribution in [2.45, 2.75) is 12.8 Å². The maximum Gasteiger partial charge on any atom is 0.0626 e. The van der Waals surface area contributed by atoms with Crippen molar-refractivity contribution in [1.29, 1.82) is 0 Å². The van der Waals surface area contributed by atoms with E-state index in [1.54, 1.807) is 0 Å². The third-order valence-electron chi connectivity index (χ3n) is 12.4. The lowest BCUT2D eigenvalue weighted by molar-refractivity contribution is 1.09. The topological polar surface area (TPSA) is 4.93 Å². The summed E-state index contributed by atoms with van der Waals surface area (Å²) in [6.07, 6.45) is 7.01. The van der Waals surface area contributed by atoms with Gasteiger partial charge in [-0.05, 0) is 102 Å². The molecule has 12 rings (SSSR count). The van der Waals surface area contributed by atoms with E-state index in [0.29, 0.717) is 0 Å². The Bertz CT molecular complexity index is 3550. The lowest BCUT2D eigenvalue weighted by Crippen LogP contribution is -2.32. The first-order chi connectivity index (χ1) is 28.3. The van der Waals surface area contributed by atoms with E-state index in [-0.39, 0.29) is 0 Å². The van der Waals surface area contributed by atoms with Gasteiger partial charge in [0.25, 0.3) is 0 Å². The van der Waals surface area contributed by atoms with Gasteiger partial charge in [0.1, 0.15) is 0 Å². The van der Waals surface area contributed by atoms with Crippen molar-refractivity contribution in [3.05, 3.63) is 198 Å². The summed E-state index contributed by atoms with van der Waals surface area (Å²) in [5.74, 6) is 0. The molecule has 0 spiro atoms. The molecule has 1 heterocycles. The molecular formula is C56H37N. The second-order valence-electron chi connectivity index (χ2n) is 15.4. The number of hydrogen-bond donors (Lipinski definition) is 0. The second kappa shape index (κ2) is 12.7. The number of para-hydroxylation sites is 1. The van der Waals surface area contributed by atoms with Gasteiger partial charge in [0.15, 0.2) is 0 Å². The van der Waals surface area contributed by atoms with E-state index in [9.17, 15) is 0 Å². The Morgan fingerprint density at radius 1 is 0.316 bits per heavy atom. The zero-order valence-electron chi connectivity index (χ0n) is 31.4. The van der Waals surface area contributed by atoms with E-state index in [2.05, 4.69) is 205 Å². The molecule has 0 unspecified atom stereocenters. The minimum absolute atomic E-state index is 1.04. The summed E-state index contributed by atoms with van der Waals surface area (Å²) in [7, 11) is 0. The smallest absolute Gasteiger partial charge is 0.0626 e. The number of rotatable bonds is 4. The highest BCUT2D eigenvalue weighted by Crippen LogP contribution is 2.48. The molecule has 1 aliphatic carbocycles. The van der Waals surface area contributed by atoms with Crippen LogP contribution in [0.4, 0.5) is 0 Å². The van der Waals surface area contributed by atoms with E-state index in [1.807, 2.05) is 0 Å². The fourth-order valence-electron chi connectivity index (χ4n) is 9.99. The molecule has 0 N–H and O–H groups in total. The van der Waals surface area contributed by atoms with Gasteiger partial charge < -0.3 is 4.57 Å². The van der Waals surface area contributed by atoms with Crippen LogP contribution in [0.2, 0.25) is 0 Å². The summed E-state index contributed by atoms with van der Waals surface area (Å²) in [4.78, 5) is 0. The molecule has 1 aliphatic rings. The van der Waals surface area contributed by atoms with Gasteiger partial charge in [-0.25, -0.2) is 0 Å². The molecule has 1 aromatic heterocycles. The van der Waals surface area contributed by atoms with Crippen LogP contribution in [0, 0.1) is 0 Å². The van der Waals surface area contributed by atoms with Gasteiger partial charge in [0.2, 0.25) is 0 Å². The first kappa shape index (κ1) is 32.1. The van der Waals surface area contributed by atoms with Gasteiger partial charge in [0, 0.05) is 26.8 Å². The monoisotopic (exact) mass is 723 g/mol. The molecule has 10 aromatic carbocycles. The molecular weight excluding hydrogens is 687 g/mol. The van der Waals surface area contributed by atoms with Gasteiger partial charge in [-0.15, -0.1) is 0 Å². The zero-order chi connectivity index (χ0) is 37.5. The number of benzene rings is 10.